The summed E-state index contributed by atoms with van der Waals surface area (Å²) in [5, 5.41) is 6.73. The number of aliphatic imine (C=N–C) groups is 1. The molecule has 0 aromatic heterocycles. The number of hydrogen-bond acceptors (Lipinski definition) is 4. The average molecular weight is 377 g/mol. The van der Waals surface area contributed by atoms with Crippen LogP contribution in [0.2, 0.25) is 0 Å². The lowest BCUT2D eigenvalue weighted by molar-refractivity contribution is 0.143. The SMILES string of the molecule is CCNC(=NCC1CCCN(C(C)C)C1)Nc1ccc(OC)c(OCC)c1. The lowest BCUT2D eigenvalue weighted by atomic mass is 9.97. The zero-order valence-corrected chi connectivity index (χ0v) is 17.5. The van der Waals surface area contributed by atoms with Crippen LogP contribution in [-0.4, -0.2) is 56.8 Å². The molecule has 1 heterocycles. The van der Waals surface area contributed by atoms with Crippen molar-refractivity contribution in [1.82, 2.24) is 10.2 Å². The molecular formula is C21H36N4O2. The molecule has 0 saturated carbocycles. The Kier molecular flexibility index (Phi) is 8.72. The summed E-state index contributed by atoms with van der Waals surface area (Å²) in [6.45, 7) is 13.2. The summed E-state index contributed by atoms with van der Waals surface area (Å²) >= 11 is 0. The monoisotopic (exact) mass is 376 g/mol. The highest BCUT2D eigenvalue weighted by Gasteiger charge is 2.21. The van der Waals surface area contributed by atoms with Gasteiger partial charge in [-0.3, -0.25) is 4.99 Å². The molecule has 0 bridgehead atoms. The summed E-state index contributed by atoms with van der Waals surface area (Å²) in [4.78, 5) is 7.40. The van der Waals surface area contributed by atoms with E-state index in [1.54, 1.807) is 7.11 Å². The summed E-state index contributed by atoms with van der Waals surface area (Å²) in [7, 11) is 1.65. The molecule has 1 fully saturated rings. The number of nitrogens with one attached hydrogen (secondary N) is 2. The van der Waals surface area contributed by atoms with Crippen molar-refractivity contribution in [2.75, 3.05) is 45.2 Å². The molecule has 0 radical (unpaired) electrons. The van der Waals surface area contributed by atoms with Crippen molar-refractivity contribution in [3.05, 3.63) is 18.2 Å². The average Bonchev–Trinajstić information content (AvgIpc) is 2.67. The van der Waals surface area contributed by atoms with E-state index in [0.29, 0.717) is 18.6 Å². The third-order valence-corrected chi connectivity index (χ3v) is 4.86. The molecule has 6 nitrogen and oxygen atoms in total. The zero-order chi connectivity index (χ0) is 19.6. The predicted octanol–water partition coefficient (Wildman–Crippen LogP) is 3.59. The fourth-order valence-corrected chi connectivity index (χ4v) is 3.40. The summed E-state index contributed by atoms with van der Waals surface area (Å²) in [5.74, 6) is 2.90. The molecule has 152 valence electrons. The molecular weight excluding hydrogens is 340 g/mol. The highest BCUT2D eigenvalue weighted by molar-refractivity contribution is 5.93. The van der Waals surface area contributed by atoms with Crippen LogP contribution < -0.4 is 20.1 Å². The molecule has 0 amide bonds. The van der Waals surface area contributed by atoms with Gasteiger partial charge in [-0.2, -0.15) is 0 Å². The van der Waals surface area contributed by atoms with E-state index in [2.05, 4.69) is 36.3 Å². The fourth-order valence-electron chi connectivity index (χ4n) is 3.40. The van der Waals surface area contributed by atoms with Crippen molar-refractivity contribution in [3.63, 3.8) is 0 Å². The third-order valence-electron chi connectivity index (χ3n) is 4.86. The normalized spacial score (nSPS) is 18.4. The minimum atomic E-state index is 0.599. The molecule has 1 aliphatic heterocycles. The number of likely N-dealkylation sites (tertiary alicyclic amines) is 1. The zero-order valence-electron chi connectivity index (χ0n) is 17.5. The Morgan fingerprint density at radius 2 is 2.11 bits per heavy atom. The van der Waals surface area contributed by atoms with Gasteiger partial charge < -0.3 is 25.0 Å². The first-order valence-corrected chi connectivity index (χ1v) is 10.2. The molecule has 1 saturated heterocycles. The number of benzene rings is 1. The minimum Gasteiger partial charge on any atom is -0.493 e. The molecule has 1 aromatic rings. The van der Waals surface area contributed by atoms with Crippen LogP contribution in [0.4, 0.5) is 5.69 Å². The first-order chi connectivity index (χ1) is 13.1. The lowest BCUT2D eigenvalue weighted by Gasteiger charge is -2.34. The van der Waals surface area contributed by atoms with E-state index in [9.17, 15) is 0 Å². The van der Waals surface area contributed by atoms with Crippen LogP contribution >= 0.6 is 0 Å². The number of anilines is 1. The van der Waals surface area contributed by atoms with Gasteiger partial charge in [0.2, 0.25) is 0 Å². The van der Waals surface area contributed by atoms with Gasteiger partial charge in [0.25, 0.3) is 0 Å². The van der Waals surface area contributed by atoms with E-state index in [1.165, 1.54) is 19.4 Å². The van der Waals surface area contributed by atoms with Crippen LogP contribution in [0, 0.1) is 5.92 Å². The van der Waals surface area contributed by atoms with Crippen LogP contribution in [0.15, 0.2) is 23.2 Å². The van der Waals surface area contributed by atoms with Crippen molar-refractivity contribution >= 4 is 11.6 Å². The van der Waals surface area contributed by atoms with Gasteiger partial charge in [0, 0.05) is 37.4 Å². The van der Waals surface area contributed by atoms with E-state index in [-0.39, 0.29) is 0 Å². The van der Waals surface area contributed by atoms with Crippen molar-refractivity contribution in [2.45, 2.75) is 46.6 Å². The number of guanidine groups is 1. The number of methoxy groups -OCH3 is 1. The molecule has 27 heavy (non-hydrogen) atoms. The van der Waals surface area contributed by atoms with E-state index in [1.807, 2.05) is 25.1 Å². The maximum Gasteiger partial charge on any atom is 0.195 e. The molecule has 0 aliphatic carbocycles. The third kappa shape index (κ3) is 6.61. The Labute approximate surface area is 164 Å². The standard InChI is InChI=1S/C21H36N4O2/c1-6-22-21(23-14-17-9-8-12-25(15-17)16(3)4)24-18-10-11-19(26-5)20(13-18)27-7-2/h10-11,13,16-17H,6-9,12,14-15H2,1-5H3,(H2,22,23,24). The quantitative estimate of drug-likeness (QED) is 0.536. The number of hydrogen-bond donors (Lipinski definition) is 2. The van der Waals surface area contributed by atoms with Crippen molar-refractivity contribution in [1.29, 1.82) is 0 Å². The van der Waals surface area contributed by atoms with Gasteiger partial charge in [0.1, 0.15) is 0 Å². The molecule has 0 spiro atoms. The molecule has 1 atom stereocenters. The van der Waals surface area contributed by atoms with Gasteiger partial charge in [-0.25, -0.2) is 0 Å². The summed E-state index contributed by atoms with van der Waals surface area (Å²) in [6, 6.07) is 6.46. The molecule has 1 unspecified atom stereocenters. The van der Waals surface area contributed by atoms with Crippen molar-refractivity contribution in [2.24, 2.45) is 10.9 Å². The largest absolute Gasteiger partial charge is 0.493 e. The Morgan fingerprint density at radius 3 is 2.78 bits per heavy atom. The van der Waals surface area contributed by atoms with Crippen LogP contribution in [-0.2, 0) is 0 Å². The molecule has 2 rings (SSSR count). The second kappa shape index (κ2) is 11.0. The van der Waals surface area contributed by atoms with Gasteiger partial charge in [0.05, 0.1) is 13.7 Å². The van der Waals surface area contributed by atoms with Gasteiger partial charge >= 0.3 is 0 Å². The Balaban J connectivity index is 2.04. The van der Waals surface area contributed by atoms with Crippen LogP contribution in [0.5, 0.6) is 11.5 Å². The van der Waals surface area contributed by atoms with E-state index in [4.69, 9.17) is 14.5 Å². The second-order valence-corrected chi connectivity index (χ2v) is 7.24. The minimum absolute atomic E-state index is 0.599. The first kappa shape index (κ1) is 21.4. The van der Waals surface area contributed by atoms with E-state index >= 15 is 0 Å². The Bertz CT molecular complexity index is 604. The van der Waals surface area contributed by atoms with Gasteiger partial charge in [-0.15, -0.1) is 0 Å². The first-order valence-electron chi connectivity index (χ1n) is 10.2. The van der Waals surface area contributed by atoms with Crippen molar-refractivity contribution < 1.29 is 9.47 Å². The lowest BCUT2D eigenvalue weighted by Crippen LogP contribution is -2.41. The van der Waals surface area contributed by atoms with Crippen LogP contribution in [0.25, 0.3) is 0 Å². The molecule has 6 heteroatoms. The fraction of sp³-hybridized carbons (Fsp3) is 0.667. The number of rotatable bonds is 8. The van der Waals surface area contributed by atoms with E-state index < -0.39 is 0 Å². The van der Waals surface area contributed by atoms with Gasteiger partial charge in [-0.1, -0.05) is 0 Å². The van der Waals surface area contributed by atoms with Crippen LogP contribution in [0.1, 0.15) is 40.5 Å². The van der Waals surface area contributed by atoms with Crippen LogP contribution in [0.3, 0.4) is 0 Å². The summed E-state index contributed by atoms with van der Waals surface area (Å²) in [5.41, 5.74) is 0.936. The van der Waals surface area contributed by atoms with E-state index in [0.717, 1.165) is 42.8 Å². The highest BCUT2D eigenvalue weighted by Crippen LogP contribution is 2.30. The van der Waals surface area contributed by atoms with Crippen molar-refractivity contribution in [3.8, 4) is 11.5 Å². The smallest absolute Gasteiger partial charge is 0.195 e. The summed E-state index contributed by atoms with van der Waals surface area (Å²) in [6.07, 6.45) is 2.52. The number of nitrogens with zero attached hydrogens (tertiary/aromatic N) is 2. The molecule has 2 N–H and O–H groups in total. The molecule has 1 aromatic carbocycles. The number of ether oxygens (including phenoxy) is 2. The maximum absolute atomic E-state index is 5.67. The summed E-state index contributed by atoms with van der Waals surface area (Å²) < 4.78 is 11.0. The molecule has 1 aliphatic rings. The Morgan fingerprint density at radius 1 is 1.30 bits per heavy atom. The second-order valence-electron chi connectivity index (χ2n) is 7.24. The van der Waals surface area contributed by atoms with Gasteiger partial charge in [-0.05, 0) is 65.1 Å². The van der Waals surface area contributed by atoms with Gasteiger partial charge in [0.15, 0.2) is 17.5 Å². The topological polar surface area (TPSA) is 58.1 Å². The highest BCUT2D eigenvalue weighted by atomic mass is 16.5. The predicted molar refractivity (Wildman–Crippen MR) is 113 cm³/mol. The maximum atomic E-state index is 5.67. The number of piperidine rings is 1. The Hall–Kier alpha value is -1.95.